The maximum absolute atomic E-state index is 10.8. The fraction of sp³-hybridized carbons (Fsp3) is 0.625. The van der Waals surface area contributed by atoms with Crippen molar-refractivity contribution in [3.8, 4) is 0 Å². The van der Waals surface area contributed by atoms with Gasteiger partial charge in [0.05, 0.1) is 24.4 Å². The highest BCUT2D eigenvalue weighted by atomic mass is 16.4. The van der Waals surface area contributed by atoms with E-state index >= 15 is 0 Å². The molecule has 0 saturated carbocycles. The Morgan fingerprint density at radius 3 is 2.26 bits per heavy atom. The quantitative estimate of drug-likeness (QED) is 0.648. The van der Waals surface area contributed by atoms with Gasteiger partial charge in [0.25, 0.3) is 0 Å². The lowest BCUT2D eigenvalue weighted by Crippen LogP contribution is -2.33. The predicted octanol–water partition coefficient (Wildman–Crippen LogP) is 0.478. The first-order valence-corrected chi connectivity index (χ1v) is 7.68. The standard InChI is InChI=1S/C16H28N4O3/c1-18(2)7-8-20(6-5-16(22)23)11-13-9-15(19(3)4)10-14(12-21)17-13/h9-10,21H,5-8,11-12H2,1-4H3,(H,22,23). The van der Waals surface area contributed by atoms with Gasteiger partial charge in [-0.2, -0.15) is 0 Å². The number of aromatic nitrogens is 1. The molecule has 0 unspecified atom stereocenters. The molecule has 2 N–H and O–H groups in total. The van der Waals surface area contributed by atoms with Crippen LogP contribution >= 0.6 is 0 Å². The Morgan fingerprint density at radius 2 is 1.74 bits per heavy atom. The number of carboxylic acids is 1. The number of rotatable bonds is 10. The van der Waals surface area contributed by atoms with Crippen molar-refractivity contribution in [1.29, 1.82) is 0 Å². The molecule has 0 spiro atoms. The third-order valence-electron chi connectivity index (χ3n) is 3.49. The minimum atomic E-state index is -0.800. The van der Waals surface area contributed by atoms with Crippen LogP contribution in [-0.4, -0.2) is 78.8 Å². The van der Waals surface area contributed by atoms with Crippen LogP contribution in [0.1, 0.15) is 17.8 Å². The van der Waals surface area contributed by atoms with Crippen LogP contribution in [0.15, 0.2) is 12.1 Å². The van der Waals surface area contributed by atoms with Crippen LogP contribution in [0.5, 0.6) is 0 Å². The number of aliphatic carboxylic acids is 1. The van der Waals surface area contributed by atoms with Gasteiger partial charge in [0.2, 0.25) is 0 Å². The Hall–Kier alpha value is -1.70. The summed E-state index contributed by atoms with van der Waals surface area (Å²) < 4.78 is 0. The SMILES string of the molecule is CN(C)CCN(CCC(=O)O)Cc1cc(N(C)C)cc(CO)n1. The molecule has 130 valence electrons. The Labute approximate surface area is 138 Å². The fourth-order valence-corrected chi connectivity index (χ4v) is 2.15. The fourth-order valence-electron chi connectivity index (χ4n) is 2.15. The summed E-state index contributed by atoms with van der Waals surface area (Å²) in [5, 5.41) is 18.3. The van der Waals surface area contributed by atoms with E-state index < -0.39 is 5.97 Å². The normalized spacial score (nSPS) is 11.3. The van der Waals surface area contributed by atoms with Crippen molar-refractivity contribution in [1.82, 2.24) is 14.8 Å². The number of anilines is 1. The molecule has 0 fully saturated rings. The number of likely N-dealkylation sites (N-methyl/N-ethyl adjacent to an activating group) is 1. The molecule has 1 aromatic rings. The second-order valence-corrected chi connectivity index (χ2v) is 6.08. The van der Waals surface area contributed by atoms with Gasteiger partial charge < -0.3 is 20.0 Å². The largest absolute Gasteiger partial charge is 0.481 e. The zero-order chi connectivity index (χ0) is 17.4. The van der Waals surface area contributed by atoms with E-state index in [2.05, 4.69) is 14.8 Å². The molecular formula is C16H28N4O3. The number of aliphatic hydroxyl groups is 1. The van der Waals surface area contributed by atoms with E-state index in [1.54, 1.807) is 0 Å². The summed E-state index contributed by atoms with van der Waals surface area (Å²) in [5.41, 5.74) is 2.44. The molecule has 0 amide bonds. The zero-order valence-corrected chi connectivity index (χ0v) is 14.5. The highest BCUT2D eigenvalue weighted by molar-refractivity contribution is 5.66. The molecule has 7 nitrogen and oxygen atoms in total. The average Bonchev–Trinajstić information content (AvgIpc) is 2.49. The predicted molar refractivity (Wildman–Crippen MR) is 90.6 cm³/mol. The van der Waals surface area contributed by atoms with Crippen molar-refractivity contribution in [2.24, 2.45) is 0 Å². The van der Waals surface area contributed by atoms with Gasteiger partial charge in [0.1, 0.15) is 0 Å². The molecule has 1 aromatic heterocycles. The molecule has 0 atom stereocenters. The van der Waals surface area contributed by atoms with E-state index in [-0.39, 0.29) is 13.0 Å². The average molecular weight is 324 g/mol. The van der Waals surface area contributed by atoms with Gasteiger partial charge in [-0.25, -0.2) is 0 Å². The second kappa shape index (κ2) is 9.44. The number of pyridine rings is 1. The molecule has 1 rings (SSSR count). The smallest absolute Gasteiger partial charge is 0.304 e. The van der Waals surface area contributed by atoms with Gasteiger partial charge in [-0.3, -0.25) is 14.7 Å². The molecule has 0 radical (unpaired) electrons. The van der Waals surface area contributed by atoms with Gasteiger partial charge in [-0.05, 0) is 26.2 Å². The summed E-state index contributed by atoms with van der Waals surface area (Å²) in [6.07, 6.45) is 0.105. The first kappa shape index (κ1) is 19.3. The van der Waals surface area contributed by atoms with Gasteiger partial charge in [-0.15, -0.1) is 0 Å². The van der Waals surface area contributed by atoms with Crippen LogP contribution in [-0.2, 0) is 17.9 Å². The van der Waals surface area contributed by atoms with E-state index in [1.807, 2.05) is 45.2 Å². The second-order valence-electron chi connectivity index (χ2n) is 6.08. The molecular weight excluding hydrogens is 296 g/mol. The lowest BCUT2D eigenvalue weighted by molar-refractivity contribution is -0.137. The minimum Gasteiger partial charge on any atom is -0.481 e. The summed E-state index contributed by atoms with van der Waals surface area (Å²) in [4.78, 5) is 21.4. The monoisotopic (exact) mass is 324 g/mol. The number of hydrogen-bond acceptors (Lipinski definition) is 6. The van der Waals surface area contributed by atoms with Crippen LogP contribution in [0.4, 0.5) is 5.69 Å². The number of aliphatic hydroxyl groups excluding tert-OH is 1. The highest BCUT2D eigenvalue weighted by Crippen LogP contribution is 2.16. The molecule has 0 saturated heterocycles. The van der Waals surface area contributed by atoms with Crippen molar-refractivity contribution in [2.45, 2.75) is 19.6 Å². The lowest BCUT2D eigenvalue weighted by atomic mass is 10.2. The molecule has 1 heterocycles. The number of hydrogen-bond donors (Lipinski definition) is 2. The maximum Gasteiger partial charge on any atom is 0.304 e. The summed E-state index contributed by atoms with van der Waals surface area (Å²) in [6, 6.07) is 3.83. The van der Waals surface area contributed by atoms with Crippen molar-refractivity contribution in [3.63, 3.8) is 0 Å². The molecule has 0 aromatic carbocycles. The molecule has 0 aliphatic rings. The lowest BCUT2D eigenvalue weighted by Gasteiger charge is -2.24. The number of carboxylic acid groups (broad SMARTS) is 1. The van der Waals surface area contributed by atoms with E-state index in [4.69, 9.17) is 5.11 Å². The van der Waals surface area contributed by atoms with Gasteiger partial charge in [0, 0.05) is 46.0 Å². The highest BCUT2D eigenvalue weighted by Gasteiger charge is 2.12. The third-order valence-corrected chi connectivity index (χ3v) is 3.49. The number of nitrogens with zero attached hydrogens (tertiary/aromatic N) is 4. The van der Waals surface area contributed by atoms with Crippen molar-refractivity contribution < 1.29 is 15.0 Å². The summed E-state index contributed by atoms with van der Waals surface area (Å²) in [7, 11) is 7.86. The first-order chi connectivity index (χ1) is 10.8. The molecule has 7 heteroatoms. The first-order valence-electron chi connectivity index (χ1n) is 7.68. The van der Waals surface area contributed by atoms with E-state index in [1.165, 1.54) is 0 Å². The summed E-state index contributed by atoms with van der Waals surface area (Å²) in [6.45, 7) is 2.55. The topological polar surface area (TPSA) is 80.1 Å². The Morgan fingerprint density at radius 1 is 1.09 bits per heavy atom. The molecule has 0 bridgehead atoms. The van der Waals surface area contributed by atoms with Crippen LogP contribution in [0.2, 0.25) is 0 Å². The minimum absolute atomic E-state index is 0.105. The summed E-state index contributed by atoms with van der Waals surface area (Å²) in [5.74, 6) is -0.800. The Balaban J connectivity index is 2.87. The summed E-state index contributed by atoms with van der Waals surface area (Å²) >= 11 is 0. The number of carbonyl (C=O) groups is 1. The van der Waals surface area contributed by atoms with Gasteiger partial charge >= 0.3 is 5.97 Å². The van der Waals surface area contributed by atoms with Crippen molar-refractivity contribution >= 4 is 11.7 Å². The third kappa shape index (κ3) is 7.40. The van der Waals surface area contributed by atoms with E-state index in [0.717, 1.165) is 24.5 Å². The van der Waals surface area contributed by atoms with Gasteiger partial charge in [-0.1, -0.05) is 0 Å². The molecule has 23 heavy (non-hydrogen) atoms. The van der Waals surface area contributed by atoms with Crippen LogP contribution in [0.3, 0.4) is 0 Å². The van der Waals surface area contributed by atoms with Gasteiger partial charge in [0.15, 0.2) is 0 Å². The zero-order valence-electron chi connectivity index (χ0n) is 14.5. The van der Waals surface area contributed by atoms with Crippen molar-refractivity contribution in [2.75, 3.05) is 52.7 Å². The van der Waals surface area contributed by atoms with E-state index in [9.17, 15) is 9.90 Å². The maximum atomic E-state index is 10.8. The van der Waals surface area contributed by atoms with Crippen LogP contribution in [0, 0.1) is 0 Å². The van der Waals surface area contributed by atoms with Crippen molar-refractivity contribution in [3.05, 3.63) is 23.5 Å². The Kier molecular flexibility index (Phi) is 7.94. The van der Waals surface area contributed by atoms with Crippen LogP contribution in [0.25, 0.3) is 0 Å². The molecule has 0 aliphatic heterocycles. The van der Waals surface area contributed by atoms with E-state index in [0.29, 0.717) is 18.8 Å². The van der Waals surface area contributed by atoms with Crippen LogP contribution < -0.4 is 4.90 Å². The molecule has 0 aliphatic carbocycles. The Bertz CT molecular complexity index is 506.